The van der Waals surface area contributed by atoms with Gasteiger partial charge in [-0.2, -0.15) is 0 Å². The molecule has 266 valence electrons. The molecule has 12 heteroatoms. The topological polar surface area (TPSA) is 163 Å². The van der Waals surface area contributed by atoms with Crippen LogP contribution in [0.25, 0.3) is 0 Å². The van der Waals surface area contributed by atoms with Crippen molar-refractivity contribution in [3.63, 3.8) is 0 Å². The van der Waals surface area contributed by atoms with E-state index in [9.17, 15) is 28.8 Å². The summed E-state index contributed by atoms with van der Waals surface area (Å²) >= 11 is 0. The van der Waals surface area contributed by atoms with E-state index in [1.54, 1.807) is 7.11 Å². The minimum Gasteiger partial charge on any atom is -0.466 e. The summed E-state index contributed by atoms with van der Waals surface area (Å²) in [6, 6.07) is 0. The van der Waals surface area contributed by atoms with Gasteiger partial charge in [0, 0.05) is 65.3 Å². The summed E-state index contributed by atoms with van der Waals surface area (Å²) < 4.78 is 20.5. The summed E-state index contributed by atoms with van der Waals surface area (Å²) in [6.45, 7) is 4.32. The van der Waals surface area contributed by atoms with Crippen molar-refractivity contribution >= 4 is 35.5 Å². The highest BCUT2D eigenvalue weighted by molar-refractivity contribution is 5.76. The van der Waals surface area contributed by atoms with Crippen molar-refractivity contribution in [2.45, 2.75) is 135 Å². The van der Waals surface area contributed by atoms with E-state index in [1.165, 1.54) is 6.92 Å². The Hall–Kier alpha value is -3.02. The fourth-order valence-electron chi connectivity index (χ4n) is 4.32. The number of nitrogens with one attached hydrogen (secondary N) is 2. The Morgan fingerprint density at radius 2 is 0.761 bits per heavy atom. The zero-order valence-corrected chi connectivity index (χ0v) is 28.5. The maximum atomic E-state index is 12.0. The lowest BCUT2D eigenvalue weighted by Crippen LogP contribution is -2.27. The first-order valence-electron chi connectivity index (χ1n) is 17.2. The van der Waals surface area contributed by atoms with Crippen LogP contribution in [0.1, 0.15) is 135 Å². The predicted molar refractivity (Wildman–Crippen MR) is 174 cm³/mol. The lowest BCUT2D eigenvalue weighted by molar-refractivity contribution is -0.146. The quantitative estimate of drug-likeness (QED) is 0.0579. The maximum absolute atomic E-state index is 12.0. The molecule has 0 bridgehead atoms. The highest BCUT2D eigenvalue weighted by atomic mass is 16.5. The first-order valence-corrected chi connectivity index (χ1v) is 17.2. The fraction of sp³-hybridized carbons (Fsp3) is 0.824. The van der Waals surface area contributed by atoms with Gasteiger partial charge in [0.1, 0.15) is 5.78 Å². The molecule has 0 rings (SSSR count). The summed E-state index contributed by atoms with van der Waals surface area (Å²) in [4.78, 5) is 69.9. The molecule has 0 aliphatic rings. The number of Topliss-reactive ketones (excluding diaryl/α,β-unsaturated/α-hetero) is 1. The zero-order valence-electron chi connectivity index (χ0n) is 28.5. The molecule has 2 N–H and O–H groups in total. The molecule has 0 fully saturated rings. The minimum absolute atomic E-state index is 0.00538. The number of amides is 2. The third-order valence-corrected chi connectivity index (χ3v) is 7.05. The summed E-state index contributed by atoms with van der Waals surface area (Å²) in [5, 5.41) is 5.81. The molecule has 0 spiro atoms. The molecule has 0 aromatic carbocycles. The average Bonchev–Trinajstić information content (AvgIpc) is 3.02. The van der Waals surface area contributed by atoms with Crippen LogP contribution in [-0.2, 0) is 47.7 Å². The van der Waals surface area contributed by atoms with Crippen molar-refractivity contribution in [1.82, 2.24) is 10.6 Å². The van der Waals surface area contributed by atoms with E-state index in [1.807, 2.05) is 0 Å². The Kier molecular flexibility index (Phi) is 29.8. The van der Waals surface area contributed by atoms with E-state index < -0.39 is 0 Å². The van der Waals surface area contributed by atoms with Crippen LogP contribution in [0.5, 0.6) is 0 Å². The number of hydrogen-bond acceptors (Lipinski definition) is 10. The standard InChI is InChI=1S/C34H60N2O10/c1-29(37)17-7-8-20-32(40)45-27-15-16-28-46-34(42)22-10-9-21-33(41)44-26-14-4-6-19-31(39)36-24-12-11-23-35-30(38)18-5-3-13-25-43-2/h3-28H2,1-2H3,(H,35,38)(H,36,39). The van der Waals surface area contributed by atoms with Crippen molar-refractivity contribution < 1.29 is 47.7 Å². The molecule has 0 aromatic rings. The molecule has 0 heterocycles. The maximum Gasteiger partial charge on any atom is 0.305 e. The van der Waals surface area contributed by atoms with E-state index in [-0.39, 0.29) is 61.6 Å². The Labute approximate surface area is 275 Å². The van der Waals surface area contributed by atoms with Gasteiger partial charge in [0.2, 0.25) is 11.8 Å². The number of esters is 3. The van der Waals surface area contributed by atoms with Gasteiger partial charge in [0.25, 0.3) is 0 Å². The van der Waals surface area contributed by atoms with Crippen LogP contribution in [0.2, 0.25) is 0 Å². The third-order valence-electron chi connectivity index (χ3n) is 7.05. The number of rotatable bonds is 32. The predicted octanol–water partition coefficient (Wildman–Crippen LogP) is 4.89. The molecule has 12 nitrogen and oxygen atoms in total. The van der Waals surface area contributed by atoms with Gasteiger partial charge in [0.05, 0.1) is 19.8 Å². The number of carbonyl (C=O) groups excluding carboxylic acids is 6. The summed E-state index contributed by atoms with van der Waals surface area (Å²) in [6.07, 6.45) is 12.5. The molecule has 0 saturated carbocycles. The Balaban J connectivity index is 3.48. The fourth-order valence-corrected chi connectivity index (χ4v) is 4.32. The van der Waals surface area contributed by atoms with Crippen LogP contribution in [0.15, 0.2) is 0 Å². The summed E-state index contributed by atoms with van der Waals surface area (Å²) in [5.74, 6) is -0.689. The molecular formula is C34H60N2O10. The van der Waals surface area contributed by atoms with Crippen LogP contribution in [0.3, 0.4) is 0 Å². The summed E-state index contributed by atoms with van der Waals surface area (Å²) in [7, 11) is 1.67. The van der Waals surface area contributed by atoms with Crippen molar-refractivity contribution in [3.8, 4) is 0 Å². The summed E-state index contributed by atoms with van der Waals surface area (Å²) in [5.41, 5.74) is 0. The first-order chi connectivity index (χ1) is 22.2. The van der Waals surface area contributed by atoms with E-state index >= 15 is 0 Å². The molecule has 46 heavy (non-hydrogen) atoms. The normalized spacial score (nSPS) is 10.7. The van der Waals surface area contributed by atoms with E-state index in [0.29, 0.717) is 90.3 Å². The number of hydrogen-bond donors (Lipinski definition) is 2. The van der Waals surface area contributed by atoms with Gasteiger partial charge in [-0.25, -0.2) is 0 Å². The third kappa shape index (κ3) is 32.4. The number of methoxy groups -OCH3 is 1. The number of carbonyl (C=O) groups is 6. The molecule has 0 atom stereocenters. The van der Waals surface area contributed by atoms with E-state index in [2.05, 4.69) is 10.6 Å². The molecule has 2 amide bonds. The molecular weight excluding hydrogens is 596 g/mol. The highest BCUT2D eigenvalue weighted by Gasteiger charge is 2.08. The van der Waals surface area contributed by atoms with Crippen LogP contribution < -0.4 is 10.6 Å². The minimum atomic E-state index is -0.316. The van der Waals surface area contributed by atoms with Gasteiger partial charge in [-0.3, -0.25) is 24.0 Å². The molecule has 0 unspecified atom stereocenters. The zero-order chi connectivity index (χ0) is 34.1. The van der Waals surface area contributed by atoms with Crippen molar-refractivity contribution in [1.29, 1.82) is 0 Å². The van der Waals surface area contributed by atoms with Crippen molar-refractivity contribution in [3.05, 3.63) is 0 Å². The molecule has 0 saturated heterocycles. The SMILES string of the molecule is COCCCCCC(=O)NCCCCNC(=O)CCCCCOC(=O)CCCCC(=O)OCCCCOC(=O)CCCCC(C)=O. The second-order valence-electron chi connectivity index (χ2n) is 11.5. The van der Waals surface area contributed by atoms with Gasteiger partial charge in [-0.1, -0.05) is 6.42 Å². The van der Waals surface area contributed by atoms with Gasteiger partial charge < -0.3 is 34.4 Å². The smallest absolute Gasteiger partial charge is 0.305 e. The first kappa shape index (κ1) is 43.0. The lowest BCUT2D eigenvalue weighted by atomic mass is 10.1. The Morgan fingerprint density at radius 3 is 1.15 bits per heavy atom. The molecule has 0 aliphatic heterocycles. The second-order valence-corrected chi connectivity index (χ2v) is 11.5. The van der Waals surface area contributed by atoms with E-state index in [4.69, 9.17) is 18.9 Å². The highest BCUT2D eigenvalue weighted by Crippen LogP contribution is 2.07. The number of ether oxygens (including phenoxy) is 4. The Morgan fingerprint density at radius 1 is 0.413 bits per heavy atom. The molecule has 0 aliphatic carbocycles. The molecule has 0 radical (unpaired) electrons. The van der Waals surface area contributed by atoms with Gasteiger partial charge in [-0.15, -0.1) is 0 Å². The number of unbranched alkanes of at least 4 members (excludes halogenated alkanes) is 8. The van der Waals surface area contributed by atoms with Crippen molar-refractivity contribution in [2.24, 2.45) is 0 Å². The monoisotopic (exact) mass is 656 g/mol. The van der Waals surface area contributed by atoms with Gasteiger partial charge in [-0.05, 0) is 90.4 Å². The lowest BCUT2D eigenvalue weighted by Gasteiger charge is -2.07. The second kappa shape index (κ2) is 31.9. The van der Waals surface area contributed by atoms with Crippen molar-refractivity contribution in [2.75, 3.05) is 46.6 Å². The average molecular weight is 657 g/mol. The van der Waals surface area contributed by atoms with Gasteiger partial charge >= 0.3 is 17.9 Å². The van der Waals surface area contributed by atoms with Gasteiger partial charge in [0.15, 0.2) is 0 Å². The van der Waals surface area contributed by atoms with Crippen LogP contribution in [-0.4, -0.2) is 82.1 Å². The van der Waals surface area contributed by atoms with Crippen LogP contribution >= 0.6 is 0 Å². The number of ketones is 1. The van der Waals surface area contributed by atoms with Crippen LogP contribution in [0, 0.1) is 0 Å². The Bertz CT molecular complexity index is 850. The van der Waals surface area contributed by atoms with Crippen LogP contribution in [0.4, 0.5) is 0 Å². The molecule has 0 aromatic heterocycles. The van der Waals surface area contributed by atoms with E-state index in [0.717, 1.165) is 51.6 Å². The largest absolute Gasteiger partial charge is 0.466 e.